The van der Waals surface area contributed by atoms with E-state index in [9.17, 15) is 5.11 Å². The van der Waals surface area contributed by atoms with Gasteiger partial charge in [-0.1, -0.05) is 35.9 Å². The van der Waals surface area contributed by atoms with Crippen molar-refractivity contribution in [3.63, 3.8) is 0 Å². The molecule has 0 amide bonds. The molecule has 1 aromatic rings. The van der Waals surface area contributed by atoms with Gasteiger partial charge in [-0.05, 0) is 18.1 Å². The molecule has 2 atom stereocenters. The van der Waals surface area contributed by atoms with Crippen molar-refractivity contribution < 1.29 is 5.11 Å². The van der Waals surface area contributed by atoms with Crippen LogP contribution < -0.4 is 0 Å². The number of hydrogen-bond donors (Lipinski definition) is 1. The van der Waals surface area contributed by atoms with Crippen molar-refractivity contribution in [1.82, 2.24) is 0 Å². The maximum atomic E-state index is 9.98. The van der Waals surface area contributed by atoms with Crippen LogP contribution >= 0.6 is 0 Å². The molecule has 15 heavy (non-hydrogen) atoms. The lowest BCUT2D eigenvalue weighted by Crippen LogP contribution is -2.17. The summed E-state index contributed by atoms with van der Waals surface area (Å²) in [7, 11) is 0. The molecule has 0 fully saturated rings. The van der Waals surface area contributed by atoms with E-state index in [0.29, 0.717) is 6.42 Å². The zero-order valence-corrected chi connectivity index (χ0v) is 8.77. The molecule has 0 saturated heterocycles. The van der Waals surface area contributed by atoms with Crippen LogP contribution in [0, 0.1) is 12.3 Å². The van der Waals surface area contributed by atoms with Gasteiger partial charge < -0.3 is 5.11 Å². The van der Waals surface area contributed by atoms with Crippen molar-refractivity contribution in [2.75, 3.05) is 0 Å². The van der Waals surface area contributed by atoms with Gasteiger partial charge in [0.25, 0.3) is 0 Å². The van der Waals surface area contributed by atoms with E-state index in [1.54, 1.807) is 0 Å². The number of fused-ring (bicyclic) bond motifs is 1. The predicted molar refractivity (Wildman–Crippen MR) is 62.3 cm³/mol. The Bertz CT molecular complexity index is 437. The number of hydrogen-bond acceptors (Lipinski definition) is 1. The van der Waals surface area contributed by atoms with E-state index in [2.05, 4.69) is 24.1 Å². The average molecular weight is 198 g/mol. The first kappa shape index (κ1) is 10.0. The molecule has 1 N–H and O–H groups in total. The summed E-state index contributed by atoms with van der Waals surface area (Å²) in [6.07, 6.45) is 7.30. The normalized spacial score (nSPS) is 20.3. The lowest BCUT2D eigenvalue weighted by atomic mass is 9.89. The van der Waals surface area contributed by atoms with Crippen LogP contribution in [0.15, 0.2) is 29.8 Å². The molecule has 1 aromatic carbocycles. The minimum Gasteiger partial charge on any atom is -0.391 e. The third-order valence-electron chi connectivity index (χ3n) is 2.92. The van der Waals surface area contributed by atoms with Gasteiger partial charge in [0.15, 0.2) is 0 Å². The topological polar surface area (TPSA) is 20.2 Å². The Morgan fingerprint density at radius 2 is 2.20 bits per heavy atom. The predicted octanol–water partition coefficient (Wildman–Crippen LogP) is 2.57. The molecule has 0 saturated carbocycles. The zero-order valence-electron chi connectivity index (χ0n) is 8.77. The van der Waals surface area contributed by atoms with E-state index < -0.39 is 6.10 Å². The quantitative estimate of drug-likeness (QED) is 0.724. The zero-order chi connectivity index (χ0) is 10.8. The van der Waals surface area contributed by atoms with Crippen molar-refractivity contribution in [2.24, 2.45) is 0 Å². The van der Waals surface area contributed by atoms with E-state index in [1.807, 2.05) is 19.1 Å². The smallest absolute Gasteiger partial charge is 0.0755 e. The van der Waals surface area contributed by atoms with E-state index in [-0.39, 0.29) is 5.92 Å². The summed E-state index contributed by atoms with van der Waals surface area (Å²) in [5.41, 5.74) is 3.59. The van der Waals surface area contributed by atoms with Crippen molar-refractivity contribution in [2.45, 2.75) is 25.4 Å². The van der Waals surface area contributed by atoms with E-state index in [1.165, 1.54) is 16.7 Å². The van der Waals surface area contributed by atoms with Crippen LogP contribution in [-0.4, -0.2) is 11.2 Å². The van der Waals surface area contributed by atoms with Crippen LogP contribution in [-0.2, 0) is 0 Å². The molecule has 1 aliphatic rings. The van der Waals surface area contributed by atoms with Crippen molar-refractivity contribution >= 4 is 6.08 Å². The largest absolute Gasteiger partial charge is 0.391 e. The van der Waals surface area contributed by atoms with Crippen LogP contribution in [0.25, 0.3) is 6.08 Å². The van der Waals surface area contributed by atoms with Crippen LogP contribution in [0.1, 0.15) is 30.4 Å². The molecule has 0 aliphatic heterocycles. The molecule has 0 spiro atoms. The molecule has 0 aromatic heterocycles. The highest BCUT2D eigenvalue weighted by atomic mass is 16.3. The third kappa shape index (κ3) is 1.69. The Morgan fingerprint density at radius 3 is 2.93 bits per heavy atom. The molecule has 2 rings (SSSR count). The maximum absolute atomic E-state index is 9.98. The number of benzene rings is 1. The first-order valence-corrected chi connectivity index (χ1v) is 5.12. The Balaban J connectivity index is 2.36. The summed E-state index contributed by atoms with van der Waals surface area (Å²) in [6.45, 7) is 2.05. The highest BCUT2D eigenvalue weighted by Gasteiger charge is 2.27. The molecule has 1 heteroatoms. The number of rotatable bonds is 2. The van der Waals surface area contributed by atoms with Gasteiger partial charge in [0.1, 0.15) is 0 Å². The van der Waals surface area contributed by atoms with Crippen LogP contribution in [0.5, 0.6) is 0 Å². The van der Waals surface area contributed by atoms with Crippen molar-refractivity contribution in [3.05, 3.63) is 41.0 Å². The van der Waals surface area contributed by atoms with Gasteiger partial charge >= 0.3 is 0 Å². The Labute approximate surface area is 90.4 Å². The van der Waals surface area contributed by atoms with Gasteiger partial charge in [0, 0.05) is 12.3 Å². The molecule has 0 radical (unpaired) electrons. The standard InChI is InChI=1S/C14H14O/c1-3-6-13(15)14-10(2)9-11-7-4-5-8-12(11)14/h1,4-5,7-9,13-15H,6H2,2H3. The molecule has 0 bridgehead atoms. The summed E-state index contributed by atoms with van der Waals surface area (Å²) in [5, 5.41) is 9.98. The van der Waals surface area contributed by atoms with Gasteiger partial charge in [-0.25, -0.2) is 0 Å². The summed E-state index contributed by atoms with van der Waals surface area (Å²) >= 11 is 0. The first-order valence-electron chi connectivity index (χ1n) is 5.12. The van der Waals surface area contributed by atoms with E-state index >= 15 is 0 Å². The van der Waals surface area contributed by atoms with Crippen LogP contribution in [0.2, 0.25) is 0 Å². The second-order valence-electron chi connectivity index (χ2n) is 3.97. The first-order chi connectivity index (χ1) is 7.24. The van der Waals surface area contributed by atoms with Crippen LogP contribution in [0.4, 0.5) is 0 Å². The van der Waals surface area contributed by atoms with E-state index in [0.717, 1.165) is 0 Å². The van der Waals surface area contributed by atoms with Crippen LogP contribution in [0.3, 0.4) is 0 Å². The molecule has 0 heterocycles. The minimum absolute atomic E-state index is 0.0808. The van der Waals surface area contributed by atoms with E-state index in [4.69, 9.17) is 6.42 Å². The lowest BCUT2D eigenvalue weighted by Gasteiger charge is -2.19. The summed E-state index contributed by atoms with van der Waals surface area (Å²) in [6, 6.07) is 8.15. The van der Waals surface area contributed by atoms with Gasteiger partial charge in [-0.15, -0.1) is 12.3 Å². The van der Waals surface area contributed by atoms with Gasteiger partial charge in [0.2, 0.25) is 0 Å². The van der Waals surface area contributed by atoms with Gasteiger partial charge in [-0.3, -0.25) is 0 Å². The second kappa shape index (κ2) is 3.92. The fourth-order valence-electron chi connectivity index (χ4n) is 2.26. The molecule has 1 nitrogen and oxygen atoms in total. The molecule has 2 unspecified atom stereocenters. The number of aliphatic hydroxyl groups excluding tert-OH is 1. The Hall–Kier alpha value is -1.52. The lowest BCUT2D eigenvalue weighted by molar-refractivity contribution is 0.162. The molecular formula is C14H14O. The monoisotopic (exact) mass is 198 g/mol. The average Bonchev–Trinajstić information content (AvgIpc) is 2.54. The van der Waals surface area contributed by atoms with Gasteiger partial charge in [-0.2, -0.15) is 0 Å². The summed E-state index contributed by atoms with van der Waals surface area (Å²) in [5.74, 6) is 2.60. The number of terminal acetylenes is 1. The molecule has 1 aliphatic carbocycles. The highest BCUT2D eigenvalue weighted by Crippen LogP contribution is 2.38. The summed E-state index contributed by atoms with van der Waals surface area (Å²) in [4.78, 5) is 0. The minimum atomic E-state index is -0.463. The summed E-state index contributed by atoms with van der Waals surface area (Å²) < 4.78 is 0. The van der Waals surface area contributed by atoms with Crippen molar-refractivity contribution in [1.29, 1.82) is 0 Å². The molecular weight excluding hydrogens is 184 g/mol. The highest BCUT2D eigenvalue weighted by molar-refractivity contribution is 5.66. The van der Waals surface area contributed by atoms with Crippen molar-refractivity contribution in [3.8, 4) is 12.3 Å². The molecule has 76 valence electrons. The fourth-order valence-corrected chi connectivity index (χ4v) is 2.26. The van der Waals surface area contributed by atoms with Gasteiger partial charge in [0.05, 0.1) is 6.10 Å². The maximum Gasteiger partial charge on any atom is 0.0755 e. The SMILES string of the molecule is C#CCC(O)C1C(C)=Cc2ccccc21. The number of aliphatic hydroxyl groups is 1. The third-order valence-corrected chi connectivity index (χ3v) is 2.92. The second-order valence-corrected chi connectivity index (χ2v) is 3.97. The Morgan fingerprint density at radius 1 is 1.47 bits per heavy atom. The fraction of sp³-hybridized carbons (Fsp3) is 0.286. The Kier molecular flexibility index (Phi) is 2.62.